The molecule has 0 spiro atoms. The van der Waals surface area contributed by atoms with E-state index >= 15 is 0 Å². The Labute approximate surface area is 416 Å². The molecule has 9 aromatic rings. The minimum absolute atomic E-state index is 0. The number of fused-ring (bicyclic) bond motifs is 6. The van der Waals surface area contributed by atoms with Crippen molar-refractivity contribution < 1.29 is 21.1 Å². The van der Waals surface area contributed by atoms with Gasteiger partial charge in [-0.15, -0.1) is 53.8 Å². The van der Waals surface area contributed by atoms with Crippen LogP contribution in [0.25, 0.3) is 33.4 Å². The quantitative estimate of drug-likeness (QED) is 0.148. The van der Waals surface area contributed by atoms with Gasteiger partial charge in [-0.1, -0.05) is 179 Å². The fourth-order valence-electron chi connectivity index (χ4n) is 9.39. The molecule has 68 heavy (non-hydrogen) atoms. The van der Waals surface area contributed by atoms with E-state index in [1.54, 1.807) is 0 Å². The summed E-state index contributed by atoms with van der Waals surface area (Å²) >= 11 is 0. The summed E-state index contributed by atoms with van der Waals surface area (Å²) in [4.78, 5) is 14.3. The van der Waals surface area contributed by atoms with Gasteiger partial charge in [0.1, 0.15) is 5.82 Å². The Bertz CT molecular complexity index is 3280. The summed E-state index contributed by atoms with van der Waals surface area (Å²) in [6.07, 6.45) is 1.92. The van der Waals surface area contributed by atoms with E-state index in [2.05, 4.69) is 274 Å². The minimum Gasteiger partial charge on any atom is -0.493 e. The number of hydrogen-bond acceptors (Lipinski definition) is 5. The van der Waals surface area contributed by atoms with Crippen molar-refractivity contribution in [2.75, 3.05) is 19.6 Å². The molecule has 0 aliphatic carbocycles. The van der Waals surface area contributed by atoms with Gasteiger partial charge in [-0.3, -0.25) is 0 Å². The Morgan fingerprint density at radius 1 is 0.471 bits per heavy atom. The number of anilines is 10. The van der Waals surface area contributed by atoms with E-state index in [1.165, 1.54) is 16.7 Å². The first-order chi connectivity index (χ1) is 32.5. The van der Waals surface area contributed by atoms with Crippen molar-refractivity contribution in [3.8, 4) is 33.4 Å². The second-order valence-electron chi connectivity index (χ2n) is 19.5. The minimum atomic E-state index is -0.182. The van der Waals surface area contributed by atoms with Crippen LogP contribution in [-0.2, 0) is 31.9 Å². The molecule has 338 valence electrons. The molecule has 3 heterocycles. The second-order valence-corrected chi connectivity index (χ2v) is 19.5. The Morgan fingerprint density at radius 2 is 1.09 bits per heavy atom. The van der Waals surface area contributed by atoms with Crippen LogP contribution < -0.4 is 19.6 Å². The van der Waals surface area contributed by atoms with Crippen molar-refractivity contribution >= 4 is 57.0 Å². The van der Waals surface area contributed by atoms with E-state index in [4.69, 9.17) is 4.98 Å². The molecule has 0 unspecified atom stereocenters. The Balaban J connectivity index is 0.00000539. The number of hydrogen-bond donors (Lipinski definition) is 0. The first kappa shape index (κ1) is 44.6. The van der Waals surface area contributed by atoms with Crippen molar-refractivity contribution in [3.05, 3.63) is 230 Å². The Morgan fingerprint density at radius 3 is 1.79 bits per heavy atom. The zero-order valence-electron chi connectivity index (χ0n) is 39.2. The van der Waals surface area contributed by atoms with Crippen molar-refractivity contribution in [2.24, 2.45) is 0 Å². The number of nitrogens with zero attached hydrogens (tertiary/aromatic N) is 5. The van der Waals surface area contributed by atoms with Crippen molar-refractivity contribution in [1.29, 1.82) is 0 Å². The molecule has 0 saturated heterocycles. The van der Waals surface area contributed by atoms with Crippen LogP contribution >= 0.6 is 0 Å². The van der Waals surface area contributed by atoms with Gasteiger partial charge in [0, 0.05) is 55.6 Å². The maximum atomic E-state index is 5.11. The second kappa shape index (κ2) is 17.8. The van der Waals surface area contributed by atoms with E-state index in [1.807, 2.05) is 6.20 Å². The van der Waals surface area contributed by atoms with E-state index in [0.717, 1.165) is 84.8 Å². The third kappa shape index (κ3) is 8.20. The van der Waals surface area contributed by atoms with Crippen LogP contribution in [0.15, 0.2) is 200 Å². The van der Waals surface area contributed by atoms with Gasteiger partial charge in [0.25, 0.3) is 0 Å². The average molecular weight is 1060 g/mol. The van der Waals surface area contributed by atoms with E-state index < -0.39 is 0 Å². The van der Waals surface area contributed by atoms with Crippen LogP contribution in [0.4, 0.5) is 57.0 Å². The third-order valence-corrected chi connectivity index (χ3v) is 13.0. The number of para-hydroxylation sites is 4. The van der Waals surface area contributed by atoms with Crippen molar-refractivity contribution in [3.63, 3.8) is 0 Å². The molecular weight excluding hydrogens is 1010 g/mol. The summed E-state index contributed by atoms with van der Waals surface area (Å²) in [6.45, 7) is 15.9. The van der Waals surface area contributed by atoms with Crippen LogP contribution in [0, 0.1) is 18.8 Å². The van der Waals surface area contributed by atoms with E-state index in [0.29, 0.717) is 0 Å². The van der Waals surface area contributed by atoms with Gasteiger partial charge in [-0.2, -0.15) is 6.07 Å². The topological polar surface area (TPSA) is 25.9 Å². The molecule has 2 aliphatic heterocycles. The molecule has 0 radical (unpaired) electrons. The fourth-order valence-corrected chi connectivity index (χ4v) is 9.39. The van der Waals surface area contributed by atoms with Crippen molar-refractivity contribution in [2.45, 2.75) is 52.4 Å². The van der Waals surface area contributed by atoms with E-state index in [9.17, 15) is 0 Å². The first-order valence-corrected chi connectivity index (χ1v) is 23.1. The molecular formula is C62H52N5Pt-3. The van der Waals surface area contributed by atoms with E-state index in [-0.39, 0.29) is 31.9 Å². The third-order valence-electron chi connectivity index (χ3n) is 13.0. The van der Waals surface area contributed by atoms with Crippen molar-refractivity contribution in [1.82, 2.24) is 4.98 Å². The van der Waals surface area contributed by atoms with Gasteiger partial charge in [-0.25, -0.2) is 4.98 Å². The predicted octanol–water partition coefficient (Wildman–Crippen LogP) is 16.9. The number of benzene rings is 8. The smallest absolute Gasteiger partial charge is 0.136 e. The summed E-state index contributed by atoms with van der Waals surface area (Å²) in [5.41, 5.74) is 18.1. The maximum absolute atomic E-state index is 5.11. The molecule has 1 aromatic heterocycles. The zero-order chi connectivity index (χ0) is 45.9. The number of rotatable bonds is 7. The number of pyridine rings is 1. The maximum Gasteiger partial charge on any atom is 0.136 e. The van der Waals surface area contributed by atoms with Gasteiger partial charge < -0.3 is 19.6 Å². The Kier molecular flexibility index (Phi) is 11.7. The van der Waals surface area contributed by atoms with Gasteiger partial charge >= 0.3 is 0 Å². The molecule has 0 saturated carbocycles. The molecule has 0 bridgehead atoms. The van der Waals surface area contributed by atoms with Crippen LogP contribution in [0.3, 0.4) is 0 Å². The molecule has 11 rings (SSSR count). The largest absolute Gasteiger partial charge is 0.493 e. The molecule has 6 heteroatoms. The summed E-state index contributed by atoms with van der Waals surface area (Å²) in [6, 6.07) is 77.5. The molecule has 0 amide bonds. The zero-order valence-corrected chi connectivity index (χ0v) is 41.5. The van der Waals surface area contributed by atoms with Gasteiger partial charge in [0.05, 0.1) is 5.69 Å². The monoisotopic (exact) mass is 1060 g/mol. The SMILES string of the molecule is CC(C)(C)c1cc(N2[CH-]N(c3cccc(C(C)(C)C)c3)c3ccccc32)[c-]c(N(c2[c-]c3c(cc2)-c2ccccc2-c2ccccc2N3c2cc(-c3ccccc3)ccn2)c2ccccc2)c1.[Pt]. The normalized spacial score (nSPS) is 12.9. The molecule has 2 aliphatic rings. The number of aromatic nitrogens is 1. The van der Waals surface area contributed by atoms with Crippen LogP contribution in [0.2, 0.25) is 0 Å². The van der Waals surface area contributed by atoms with Crippen LogP contribution in [0.5, 0.6) is 0 Å². The van der Waals surface area contributed by atoms with Gasteiger partial charge in [0.15, 0.2) is 0 Å². The molecule has 8 aromatic carbocycles. The van der Waals surface area contributed by atoms with Crippen LogP contribution in [-0.4, -0.2) is 4.98 Å². The molecule has 5 nitrogen and oxygen atoms in total. The fraction of sp³-hybridized carbons (Fsp3) is 0.129. The van der Waals surface area contributed by atoms with Crippen LogP contribution in [0.1, 0.15) is 52.7 Å². The summed E-state index contributed by atoms with van der Waals surface area (Å²) in [5.74, 6) is 0.812. The molecule has 0 N–H and O–H groups in total. The molecule has 0 fully saturated rings. The Hall–Kier alpha value is -7.20. The molecule has 0 atom stereocenters. The summed E-state index contributed by atoms with van der Waals surface area (Å²) in [7, 11) is 0. The average Bonchev–Trinajstić information content (AvgIpc) is 3.69. The van der Waals surface area contributed by atoms with Gasteiger partial charge in [0.2, 0.25) is 0 Å². The first-order valence-electron chi connectivity index (χ1n) is 23.1. The standard InChI is InChI=1S/C62H52N5.Pt/c1-61(2,3)45-22-19-25-48(37-45)64-42-65(58-31-18-17-30-57(58)64)50-38-46(62(4,5)6)39-51(40-50)66(47-23-11-8-12-24-47)49-32-33-55-53-27-14-13-26-52(53)54-28-15-16-29-56(54)67(59(55)41-49)60-36-44(34-35-63-60)43-20-9-7-10-21-43;/h7-39,42H,1-6H3;/q-3;. The summed E-state index contributed by atoms with van der Waals surface area (Å²) in [5, 5.41) is 0. The summed E-state index contributed by atoms with van der Waals surface area (Å²) < 4.78 is 0. The predicted molar refractivity (Wildman–Crippen MR) is 280 cm³/mol. The van der Waals surface area contributed by atoms with Gasteiger partial charge in [-0.05, 0) is 87.7 Å².